The lowest BCUT2D eigenvalue weighted by Crippen LogP contribution is -2.22. The topological polar surface area (TPSA) is 76.8 Å². The van der Waals surface area contributed by atoms with Crippen molar-refractivity contribution in [3.63, 3.8) is 0 Å². The molecule has 1 aromatic carbocycles. The number of rotatable bonds is 6. The molecular weight excluding hydrogens is 444 g/mol. The first kappa shape index (κ1) is 22.0. The highest BCUT2D eigenvalue weighted by Gasteiger charge is 2.21. The third kappa shape index (κ3) is 4.26. The van der Waals surface area contributed by atoms with Crippen LogP contribution in [-0.4, -0.2) is 32.5 Å². The van der Waals surface area contributed by atoms with Crippen molar-refractivity contribution in [3.8, 4) is 0 Å². The minimum atomic E-state index is -0.513. The normalized spacial score (nSPS) is 11.0. The van der Waals surface area contributed by atoms with E-state index in [0.717, 1.165) is 16.8 Å². The molecule has 0 atom stereocenters. The Labute approximate surface area is 194 Å². The monoisotopic (exact) mass is 466 g/mol. The van der Waals surface area contributed by atoms with E-state index >= 15 is 0 Å². The van der Waals surface area contributed by atoms with Crippen LogP contribution in [0.25, 0.3) is 5.52 Å². The molecule has 0 fully saturated rings. The first-order valence-electron chi connectivity index (χ1n) is 9.89. The van der Waals surface area contributed by atoms with Gasteiger partial charge in [0.1, 0.15) is 6.61 Å². The number of aryl methyl sites for hydroxylation is 2. The number of thioether (sulfide) groups is 1. The van der Waals surface area contributed by atoms with Crippen LogP contribution >= 0.6 is 23.1 Å². The largest absolute Gasteiger partial charge is 0.454 e. The van der Waals surface area contributed by atoms with Gasteiger partial charge >= 0.3 is 5.97 Å². The van der Waals surface area contributed by atoms with Gasteiger partial charge in [0.05, 0.1) is 16.9 Å². The van der Waals surface area contributed by atoms with E-state index < -0.39 is 5.97 Å². The van der Waals surface area contributed by atoms with E-state index in [1.807, 2.05) is 67.1 Å². The summed E-state index contributed by atoms with van der Waals surface area (Å²) in [5.74, 6) is -0.652. The van der Waals surface area contributed by atoms with Crippen LogP contribution in [0.5, 0.6) is 0 Å². The van der Waals surface area contributed by atoms with Crippen molar-refractivity contribution < 1.29 is 14.3 Å². The van der Waals surface area contributed by atoms with E-state index in [1.165, 1.54) is 30.0 Å². The summed E-state index contributed by atoms with van der Waals surface area (Å²) >= 11 is 2.78. The van der Waals surface area contributed by atoms with Crippen LogP contribution < -0.4 is 4.90 Å². The number of imidazole rings is 1. The van der Waals surface area contributed by atoms with Crippen LogP contribution in [0.15, 0.2) is 53.1 Å². The maximum atomic E-state index is 12.7. The smallest absolute Gasteiger partial charge is 0.359 e. The summed E-state index contributed by atoms with van der Waals surface area (Å²) in [6, 6.07) is 11.4. The van der Waals surface area contributed by atoms with Gasteiger partial charge in [-0.25, -0.2) is 14.8 Å². The predicted molar refractivity (Wildman–Crippen MR) is 127 cm³/mol. The van der Waals surface area contributed by atoms with Crippen LogP contribution in [0.1, 0.15) is 34.2 Å². The maximum Gasteiger partial charge on any atom is 0.359 e. The molecule has 3 aromatic heterocycles. The number of anilines is 2. The fourth-order valence-electron chi connectivity index (χ4n) is 3.27. The van der Waals surface area contributed by atoms with E-state index in [4.69, 9.17) is 4.74 Å². The molecule has 1 amide bonds. The van der Waals surface area contributed by atoms with E-state index in [2.05, 4.69) is 9.97 Å². The summed E-state index contributed by atoms with van der Waals surface area (Å²) in [6.45, 7) is 5.53. The van der Waals surface area contributed by atoms with Crippen molar-refractivity contribution in [2.24, 2.45) is 0 Å². The summed E-state index contributed by atoms with van der Waals surface area (Å²) in [5, 5.41) is 3.04. The molecule has 0 spiro atoms. The van der Waals surface area contributed by atoms with Crippen LogP contribution in [0.4, 0.5) is 10.8 Å². The van der Waals surface area contributed by atoms with E-state index in [-0.39, 0.29) is 18.2 Å². The van der Waals surface area contributed by atoms with Crippen LogP contribution in [0.2, 0.25) is 0 Å². The van der Waals surface area contributed by atoms with Gasteiger partial charge in [-0.1, -0.05) is 23.9 Å². The predicted octanol–water partition coefficient (Wildman–Crippen LogP) is 5.17. The van der Waals surface area contributed by atoms with Crippen molar-refractivity contribution in [2.75, 3.05) is 11.2 Å². The molecule has 0 aliphatic rings. The Morgan fingerprint density at radius 2 is 1.97 bits per heavy atom. The first-order valence-corrected chi connectivity index (χ1v) is 12.0. The number of pyridine rings is 1. The number of benzene rings is 1. The van der Waals surface area contributed by atoms with Crippen LogP contribution in [-0.2, 0) is 16.1 Å². The summed E-state index contributed by atoms with van der Waals surface area (Å²) in [6.07, 6.45) is 3.77. The quantitative estimate of drug-likeness (QED) is 0.288. The number of ether oxygens (including phenoxy) is 1. The lowest BCUT2D eigenvalue weighted by atomic mass is 10.1. The van der Waals surface area contributed by atoms with Gasteiger partial charge in [-0.3, -0.25) is 14.1 Å². The number of aromatic nitrogens is 3. The van der Waals surface area contributed by atoms with Gasteiger partial charge in [-0.15, -0.1) is 11.3 Å². The zero-order valence-electron chi connectivity index (χ0n) is 18.2. The Morgan fingerprint density at radius 1 is 1.16 bits per heavy atom. The minimum absolute atomic E-state index is 0.00550. The number of carbonyl (C=O) groups excluding carboxylic acids is 2. The number of amides is 1. The minimum Gasteiger partial charge on any atom is -0.454 e. The van der Waals surface area contributed by atoms with Gasteiger partial charge in [0, 0.05) is 18.5 Å². The number of hydrogen-bond donors (Lipinski definition) is 0. The van der Waals surface area contributed by atoms with Crippen LogP contribution in [0.3, 0.4) is 0 Å². The van der Waals surface area contributed by atoms with Crippen molar-refractivity contribution >= 4 is 51.3 Å². The van der Waals surface area contributed by atoms with Crippen molar-refractivity contribution in [1.29, 1.82) is 0 Å². The number of thiazole rings is 1. The molecular formula is C23H22N4O3S2. The molecule has 32 heavy (non-hydrogen) atoms. The lowest BCUT2D eigenvalue weighted by molar-refractivity contribution is -0.115. The van der Waals surface area contributed by atoms with Gasteiger partial charge in [0.25, 0.3) is 0 Å². The van der Waals surface area contributed by atoms with E-state index in [9.17, 15) is 9.59 Å². The molecule has 0 N–H and O–H groups in total. The molecule has 0 aliphatic carbocycles. The van der Waals surface area contributed by atoms with E-state index in [0.29, 0.717) is 21.5 Å². The summed E-state index contributed by atoms with van der Waals surface area (Å²) in [5.41, 5.74) is 4.54. The second kappa shape index (κ2) is 9.13. The number of carbonyl (C=O) groups is 2. The summed E-state index contributed by atoms with van der Waals surface area (Å²) < 4.78 is 7.35. The number of hydrogen-bond acceptors (Lipinski definition) is 7. The standard InChI is InChI=1S/C23H22N4O3S2/c1-14-8-9-18(11-15(14)2)27(16(3)28)23-24-17(13-32-23)12-30-21(29)20-19-7-5-6-10-26(19)22(25-20)31-4/h5-11,13H,12H2,1-4H3. The third-order valence-corrected chi connectivity index (χ3v) is 6.57. The SMILES string of the molecule is CSc1nc(C(=O)OCc2csc(N(C(C)=O)c3ccc(C)c(C)c3)n2)c2ccccn12. The Bertz CT molecular complexity index is 1310. The molecule has 0 saturated heterocycles. The van der Waals surface area contributed by atoms with Gasteiger partial charge < -0.3 is 4.74 Å². The molecule has 4 aromatic rings. The fraction of sp³-hybridized carbons (Fsp3) is 0.217. The average Bonchev–Trinajstić information content (AvgIpc) is 3.39. The highest BCUT2D eigenvalue weighted by Crippen LogP contribution is 2.30. The second-order valence-electron chi connectivity index (χ2n) is 7.22. The lowest BCUT2D eigenvalue weighted by Gasteiger charge is -2.19. The van der Waals surface area contributed by atoms with Crippen molar-refractivity contribution in [2.45, 2.75) is 32.5 Å². The Kier molecular flexibility index (Phi) is 6.29. The highest BCUT2D eigenvalue weighted by atomic mass is 32.2. The maximum absolute atomic E-state index is 12.7. The third-order valence-electron chi connectivity index (χ3n) is 5.04. The molecule has 0 unspecified atom stereocenters. The van der Waals surface area contributed by atoms with Crippen molar-refractivity contribution in [1.82, 2.24) is 14.4 Å². The number of nitrogens with zero attached hydrogens (tertiary/aromatic N) is 4. The Morgan fingerprint density at radius 3 is 2.69 bits per heavy atom. The summed E-state index contributed by atoms with van der Waals surface area (Å²) in [4.78, 5) is 35.6. The van der Waals surface area contributed by atoms with Crippen LogP contribution in [0, 0.1) is 13.8 Å². The zero-order chi connectivity index (χ0) is 22.8. The highest BCUT2D eigenvalue weighted by molar-refractivity contribution is 7.98. The number of fused-ring (bicyclic) bond motifs is 1. The van der Waals surface area contributed by atoms with Gasteiger partial charge in [-0.2, -0.15) is 0 Å². The summed E-state index contributed by atoms with van der Waals surface area (Å²) in [7, 11) is 0. The van der Waals surface area contributed by atoms with Crippen molar-refractivity contribution in [3.05, 3.63) is 70.5 Å². The Balaban J connectivity index is 1.52. The van der Waals surface area contributed by atoms with Gasteiger partial charge in [-0.05, 0) is 55.5 Å². The zero-order valence-corrected chi connectivity index (χ0v) is 19.8. The number of esters is 1. The molecule has 0 radical (unpaired) electrons. The Hall–Kier alpha value is -3.17. The van der Waals surface area contributed by atoms with Gasteiger partial charge in [0.2, 0.25) is 5.91 Å². The van der Waals surface area contributed by atoms with E-state index in [1.54, 1.807) is 10.3 Å². The molecule has 4 rings (SSSR count). The molecule has 0 saturated carbocycles. The molecule has 0 bridgehead atoms. The molecule has 164 valence electrons. The molecule has 7 nitrogen and oxygen atoms in total. The molecule has 0 aliphatic heterocycles. The fourth-order valence-corrected chi connectivity index (χ4v) is 4.68. The molecule has 3 heterocycles. The molecule has 9 heteroatoms. The average molecular weight is 467 g/mol. The second-order valence-corrected chi connectivity index (χ2v) is 8.83. The van der Waals surface area contributed by atoms with Gasteiger partial charge in [0.15, 0.2) is 16.0 Å². The first-order chi connectivity index (χ1) is 15.4.